The Labute approximate surface area is 191 Å². The van der Waals surface area contributed by atoms with Crippen LogP contribution in [0.4, 0.5) is 5.69 Å². The number of ether oxygens (including phenoxy) is 2. The molecule has 7 heteroatoms. The van der Waals surface area contributed by atoms with E-state index in [1.165, 1.54) is 24.4 Å². The lowest BCUT2D eigenvalue weighted by atomic mass is 9.95. The lowest BCUT2D eigenvalue weighted by Crippen LogP contribution is -2.29. The summed E-state index contributed by atoms with van der Waals surface area (Å²) in [6.45, 7) is 2.55. The van der Waals surface area contributed by atoms with Crippen LogP contribution < -0.4 is 14.4 Å². The summed E-state index contributed by atoms with van der Waals surface area (Å²) in [5, 5.41) is 11.1. The quantitative estimate of drug-likeness (QED) is 0.328. The zero-order valence-corrected chi connectivity index (χ0v) is 18.4. The van der Waals surface area contributed by atoms with Crippen LogP contribution in [0.15, 0.2) is 78.6 Å². The van der Waals surface area contributed by atoms with Crippen LogP contribution in [0, 0.1) is 0 Å². The summed E-state index contributed by atoms with van der Waals surface area (Å²) in [4.78, 5) is 31.8. The number of amides is 1. The van der Waals surface area contributed by atoms with Crippen molar-refractivity contribution in [3.8, 4) is 11.5 Å². The lowest BCUT2D eigenvalue weighted by molar-refractivity contribution is -0.132. The molecule has 0 radical (unpaired) electrons. The highest BCUT2D eigenvalue weighted by atomic mass is 16.5. The summed E-state index contributed by atoms with van der Waals surface area (Å²) in [5.74, 6) is -0.594. The molecule has 1 aromatic heterocycles. The van der Waals surface area contributed by atoms with E-state index in [2.05, 4.69) is 4.98 Å². The van der Waals surface area contributed by atoms with Gasteiger partial charge in [0.1, 0.15) is 17.3 Å². The second kappa shape index (κ2) is 9.56. The minimum absolute atomic E-state index is 0.00154. The van der Waals surface area contributed by atoms with Gasteiger partial charge in [0.25, 0.3) is 11.7 Å². The maximum atomic E-state index is 13.2. The van der Waals surface area contributed by atoms with E-state index < -0.39 is 17.7 Å². The lowest BCUT2D eigenvalue weighted by Gasteiger charge is -2.26. The van der Waals surface area contributed by atoms with Crippen LogP contribution in [0.2, 0.25) is 0 Å². The fourth-order valence-electron chi connectivity index (χ4n) is 3.83. The molecule has 0 saturated carbocycles. The Hall–Kier alpha value is -4.13. The van der Waals surface area contributed by atoms with Crippen LogP contribution in [0.1, 0.15) is 30.5 Å². The summed E-state index contributed by atoms with van der Waals surface area (Å²) >= 11 is 0. The Balaban J connectivity index is 1.91. The maximum absolute atomic E-state index is 13.2. The standard InChI is InChI=1S/C26H24N2O5/c1-3-14-33-21-9-4-6-18(15-21)23-22(24(29)17-10-12-27-13-11-17)25(30)26(31)28(23)19-7-5-8-20(16-19)32-2/h4-13,15-16,23,29H,3,14H2,1-2H3/b24-22+. The number of methoxy groups -OCH3 is 1. The van der Waals surface area contributed by atoms with E-state index in [4.69, 9.17) is 9.47 Å². The first-order valence-electron chi connectivity index (χ1n) is 10.6. The summed E-state index contributed by atoms with van der Waals surface area (Å²) in [7, 11) is 1.53. The molecule has 0 spiro atoms. The molecule has 1 aliphatic heterocycles. The third-order valence-corrected chi connectivity index (χ3v) is 5.38. The molecule has 7 nitrogen and oxygen atoms in total. The highest BCUT2D eigenvalue weighted by Crippen LogP contribution is 2.43. The number of rotatable bonds is 7. The Morgan fingerprint density at radius 3 is 2.48 bits per heavy atom. The number of ketones is 1. The number of carbonyl (C=O) groups is 2. The molecule has 1 amide bonds. The number of hydrogen-bond donors (Lipinski definition) is 1. The average Bonchev–Trinajstić information content (AvgIpc) is 3.13. The number of aromatic nitrogens is 1. The number of pyridine rings is 1. The number of hydrogen-bond acceptors (Lipinski definition) is 6. The topological polar surface area (TPSA) is 89.0 Å². The minimum Gasteiger partial charge on any atom is -0.507 e. The van der Waals surface area contributed by atoms with Gasteiger partial charge in [0.2, 0.25) is 0 Å². The molecule has 1 saturated heterocycles. The third-order valence-electron chi connectivity index (χ3n) is 5.38. The highest BCUT2D eigenvalue weighted by Gasteiger charge is 2.47. The molecule has 1 N–H and O–H groups in total. The smallest absolute Gasteiger partial charge is 0.300 e. The van der Waals surface area contributed by atoms with Crippen molar-refractivity contribution < 1.29 is 24.2 Å². The number of nitrogens with zero attached hydrogens (tertiary/aromatic N) is 2. The van der Waals surface area contributed by atoms with Crippen LogP contribution in [0.5, 0.6) is 11.5 Å². The summed E-state index contributed by atoms with van der Waals surface area (Å²) < 4.78 is 11.1. The van der Waals surface area contributed by atoms with Crippen molar-refractivity contribution in [2.75, 3.05) is 18.6 Å². The predicted octanol–water partition coefficient (Wildman–Crippen LogP) is 4.51. The summed E-state index contributed by atoms with van der Waals surface area (Å²) in [5.41, 5.74) is 1.52. The molecule has 0 bridgehead atoms. The number of anilines is 1. The SMILES string of the molecule is CCCOc1cccc(C2/C(=C(\O)c3ccncc3)C(=O)C(=O)N2c2cccc(OC)c2)c1. The molecule has 4 rings (SSSR count). The average molecular weight is 444 g/mol. The maximum Gasteiger partial charge on any atom is 0.300 e. The Bertz CT molecular complexity index is 1210. The zero-order valence-electron chi connectivity index (χ0n) is 18.4. The van der Waals surface area contributed by atoms with E-state index in [-0.39, 0.29) is 11.3 Å². The number of carbonyl (C=O) groups excluding carboxylic acids is 2. The van der Waals surface area contributed by atoms with Gasteiger partial charge < -0.3 is 14.6 Å². The number of aliphatic hydroxyl groups excluding tert-OH is 1. The molecular formula is C26H24N2O5. The fraction of sp³-hybridized carbons (Fsp3) is 0.192. The van der Waals surface area contributed by atoms with Gasteiger partial charge in [0.05, 0.1) is 25.3 Å². The molecule has 1 fully saturated rings. The van der Waals surface area contributed by atoms with Crippen molar-refractivity contribution in [3.63, 3.8) is 0 Å². The first-order chi connectivity index (χ1) is 16.0. The van der Waals surface area contributed by atoms with Gasteiger partial charge in [-0.25, -0.2) is 0 Å². The van der Waals surface area contributed by atoms with Gasteiger partial charge in [0, 0.05) is 29.7 Å². The highest BCUT2D eigenvalue weighted by molar-refractivity contribution is 6.51. The van der Waals surface area contributed by atoms with Gasteiger partial charge >= 0.3 is 0 Å². The second-order valence-corrected chi connectivity index (χ2v) is 7.53. The minimum atomic E-state index is -0.851. The van der Waals surface area contributed by atoms with Crippen molar-refractivity contribution in [2.24, 2.45) is 0 Å². The van der Waals surface area contributed by atoms with Crippen molar-refractivity contribution in [1.82, 2.24) is 4.98 Å². The Morgan fingerprint density at radius 2 is 1.76 bits per heavy atom. The molecular weight excluding hydrogens is 420 g/mol. The largest absolute Gasteiger partial charge is 0.507 e. The molecule has 1 unspecified atom stereocenters. The summed E-state index contributed by atoms with van der Waals surface area (Å²) in [6.07, 6.45) is 3.87. The first kappa shape index (κ1) is 22.1. The third kappa shape index (κ3) is 4.30. The predicted molar refractivity (Wildman–Crippen MR) is 124 cm³/mol. The van der Waals surface area contributed by atoms with Crippen molar-refractivity contribution in [2.45, 2.75) is 19.4 Å². The van der Waals surface area contributed by atoms with Crippen LogP contribution in [0.25, 0.3) is 5.76 Å². The normalized spacial score (nSPS) is 17.3. The van der Waals surface area contributed by atoms with Crippen LogP contribution in [-0.4, -0.2) is 35.5 Å². The van der Waals surface area contributed by atoms with Crippen molar-refractivity contribution in [1.29, 1.82) is 0 Å². The van der Waals surface area contributed by atoms with Gasteiger partial charge in [-0.2, -0.15) is 0 Å². The second-order valence-electron chi connectivity index (χ2n) is 7.53. The molecule has 33 heavy (non-hydrogen) atoms. The van der Waals surface area contributed by atoms with Crippen molar-refractivity contribution in [3.05, 3.63) is 89.8 Å². The number of Topliss-reactive ketones (excluding diaryl/α,β-unsaturated/α-hetero) is 1. The number of benzene rings is 2. The van der Waals surface area contributed by atoms with Gasteiger partial charge in [-0.3, -0.25) is 19.5 Å². The van der Waals surface area contributed by atoms with E-state index in [0.29, 0.717) is 34.9 Å². The zero-order chi connectivity index (χ0) is 23.4. The summed E-state index contributed by atoms with van der Waals surface area (Å²) in [6, 6.07) is 16.5. The Morgan fingerprint density at radius 1 is 1.03 bits per heavy atom. The van der Waals surface area contributed by atoms with Gasteiger partial charge in [-0.15, -0.1) is 0 Å². The van der Waals surface area contributed by atoms with E-state index in [0.717, 1.165) is 6.42 Å². The van der Waals surface area contributed by atoms with Gasteiger partial charge in [-0.05, 0) is 48.4 Å². The monoisotopic (exact) mass is 444 g/mol. The molecule has 1 atom stereocenters. The van der Waals surface area contributed by atoms with E-state index in [1.54, 1.807) is 48.5 Å². The molecule has 0 aliphatic carbocycles. The number of aliphatic hydroxyl groups is 1. The van der Waals surface area contributed by atoms with Crippen LogP contribution in [-0.2, 0) is 9.59 Å². The van der Waals surface area contributed by atoms with E-state index in [9.17, 15) is 14.7 Å². The van der Waals surface area contributed by atoms with Crippen molar-refractivity contribution >= 4 is 23.1 Å². The molecule has 2 aromatic carbocycles. The van der Waals surface area contributed by atoms with Gasteiger partial charge in [-0.1, -0.05) is 25.1 Å². The molecule has 3 aromatic rings. The fourth-order valence-corrected chi connectivity index (χ4v) is 3.83. The first-order valence-corrected chi connectivity index (χ1v) is 10.6. The van der Waals surface area contributed by atoms with Crippen LogP contribution in [0.3, 0.4) is 0 Å². The Kier molecular flexibility index (Phi) is 6.40. The van der Waals surface area contributed by atoms with Gasteiger partial charge in [0.15, 0.2) is 0 Å². The van der Waals surface area contributed by atoms with Crippen LogP contribution >= 0.6 is 0 Å². The molecule has 168 valence electrons. The molecule has 2 heterocycles. The van der Waals surface area contributed by atoms with E-state index in [1.807, 2.05) is 19.1 Å². The van der Waals surface area contributed by atoms with E-state index >= 15 is 0 Å². The molecule has 1 aliphatic rings.